The highest BCUT2D eigenvalue weighted by molar-refractivity contribution is 5.87. The fourth-order valence-electron chi connectivity index (χ4n) is 2.51. The van der Waals surface area contributed by atoms with E-state index in [0.717, 1.165) is 4.57 Å². The lowest BCUT2D eigenvalue weighted by atomic mass is 10.1. The maximum Gasteiger partial charge on any atom is 0.362 e. The predicted octanol–water partition coefficient (Wildman–Crippen LogP) is -0.954. The van der Waals surface area contributed by atoms with Gasteiger partial charge in [0.15, 0.2) is 0 Å². The number of amides is 1. The van der Waals surface area contributed by atoms with Gasteiger partial charge in [-0.1, -0.05) is 0 Å². The Hall–Kier alpha value is -2.30. The summed E-state index contributed by atoms with van der Waals surface area (Å²) in [6, 6.07) is 0.885. The van der Waals surface area contributed by atoms with Crippen LogP contribution in [0.15, 0.2) is 17.1 Å². The fourth-order valence-corrected chi connectivity index (χ4v) is 2.51. The summed E-state index contributed by atoms with van der Waals surface area (Å²) in [4.78, 5) is 45.2. The number of esters is 1. The summed E-state index contributed by atoms with van der Waals surface area (Å²) in [7, 11) is 1.55. The molecule has 1 fully saturated rings. The van der Waals surface area contributed by atoms with Crippen molar-refractivity contribution in [2.24, 2.45) is 0 Å². The van der Waals surface area contributed by atoms with Crippen molar-refractivity contribution in [1.82, 2.24) is 14.6 Å². The van der Waals surface area contributed by atoms with E-state index in [4.69, 9.17) is 9.57 Å². The zero-order chi connectivity index (χ0) is 17.9. The summed E-state index contributed by atoms with van der Waals surface area (Å²) in [5.74, 6) is -1.08. The van der Waals surface area contributed by atoms with Crippen LogP contribution in [0.5, 0.6) is 0 Å². The molecule has 1 amide bonds. The number of aliphatic hydroxyl groups is 1. The highest BCUT2D eigenvalue weighted by Crippen LogP contribution is 2.34. The van der Waals surface area contributed by atoms with Crippen molar-refractivity contribution in [2.75, 3.05) is 25.6 Å². The van der Waals surface area contributed by atoms with Crippen LogP contribution in [0, 0.1) is 0 Å². The van der Waals surface area contributed by atoms with Gasteiger partial charge >= 0.3 is 11.7 Å². The Morgan fingerprint density at radius 1 is 1.58 bits per heavy atom. The molecule has 0 unspecified atom stereocenters. The van der Waals surface area contributed by atoms with Crippen molar-refractivity contribution >= 4 is 17.7 Å². The van der Waals surface area contributed by atoms with Crippen LogP contribution in [0.1, 0.15) is 20.3 Å². The van der Waals surface area contributed by atoms with Crippen LogP contribution >= 0.6 is 0 Å². The number of likely N-dealkylation sites (N-methyl/N-ethyl adjacent to an activating group) is 1. The minimum absolute atomic E-state index is 0.0138. The van der Waals surface area contributed by atoms with Crippen molar-refractivity contribution in [3.8, 4) is 0 Å². The maximum absolute atomic E-state index is 12.5. The number of carbonyl (C=O) groups excluding carboxylic acids is 2. The van der Waals surface area contributed by atoms with Crippen LogP contribution in [0.25, 0.3) is 0 Å². The Balaban J connectivity index is 2.47. The van der Waals surface area contributed by atoms with E-state index in [2.05, 4.69) is 10.3 Å². The first-order chi connectivity index (χ1) is 11.3. The predicted molar refractivity (Wildman–Crippen MR) is 81.7 cm³/mol. The SMILES string of the molecule is CCOC(=O)[C@@]1(n2ccc(NC(C)=O)nc2=O)C[C@@H](CO)N(C)O1. The summed E-state index contributed by atoms with van der Waals surface area (Å²) >= 11 is 0. The van der Waals surface area contributed by atoms with Crippen molar-refractivity contribution < 1.29 is 24.3 Å². The molecule has 2 atom stereocenters. The van der Waals surface area contributed by atoms with Gasteiger partial charge < -0.3 is 15.2 Å². The lowest BCUT2D eigenvalue weighted by Gasteiger charge is -2.27. The standard InChI is InChI=1S/C14H20N4O6/c1-4-23-12(21)14(7-10(8-19)17(3)24-14)18-6-5-11(15-9(2)20)16-13(18)22/h5-6,10,19H,4,7-8H2,1-3H3,(H,15,16,20,22)/t10-,14+/m0/s1. The van der Waals surface area contributed by atoms with Gasteiger partial charge in [0.25, 0.3) is 5.72 Å². The van der Waals surface area contributed by atoms with E-state index >= 15 is 0 Å². The Kier molecular flexibility index (Phi) is 5.32. The monoisotopic (exact) mass is 340 g/mol. The first kappa shape index (κ1) is 18.0. The van der Waals surface area contributed by atoms with Crippen molar-refractivity contribution in [2.45, 2.75) is 32.0 Å². The second-order valence-corrected chi connectivity index (χ2v) is 5.33. The van der Waals surface area contributed by atoms with E-state index in [1.165, 1.54) is 24.3 Å². The first-order valence-electron chi connectivity index (χ1n) is 7.42. The van der Waals surface area contributed by atoms with Gasteiger partial charge in [0.05, 0.1) is 19.3 Å². The average Bonchev–Trinajstić information content (AvgIpc) is 2.85. The molecule has 24 heavy (non-hydrogen) atoms. The third-order valence-electron chi connectivity index (χ3n) is 3.62. The molecule has 2 rings (SSSR count). The Morgan fingerprint density at radius 2 is 2.29 bits per heavy atom. The van der Waals surface area contributed by atoms with Crippen molar-refractivity contribution in [3.63, 3.8) is 0 Å². The van der Waals surface area contributed by atoms with Gasteiger partial charge in [-0.2, -0.15) is 10.0 Å². The summed E-state index contributed by atoms with van der Waals surface area (Å²) in [6.45, 7) is 2.76. The van der Waals surface area contributed by atoms with E-state index in [1.54, 1.807) is 14.0 Å². The molecule has 2 N–H and O–H groups in total. The molecule has 1 aliphatic heterocycles. The van der Waals surface area contributed by atoms with Gasteiger partial charge in [-0.05, 0) is 13.0 Å². The van der Waals surface area contributed by atoms with Crippen LogP contribution in [0.4, 0.5) is 5.82 Å². The van der Waals surface area contributed by atoms with Gasteiger partial charge in [-0.3, -0.25) is 14.2 Å². The number of rotatable bonds is 5. The number of aliphatic hydroxyl groups excluding tert-OH is 1. The van der Waals surface area contributed by atoms with E-state index in [9.17, 15) is 19.5 Å². The van der Waals surface area contributed by atoms with E-state index in [1.807, 2.05) is 0 Å². The minimum Gasteiger partial charge on any atom is -0.462 e. The second kappa shape index (κ2) is 7.07. The Morgan fingerprint density at radius 3 is 2.79 bits per heavy atom. The van der Waals surface area contributed by atoms with Crippen molar-refractivity contribution in [1.29, 1.82) is 0 Å². The lowest BCUT2D eigenvalue weighted by molar-refractivity contribution is -0.238. The number of nitrogens with zero attached hydrogens (tertiary/aromatic N) is 3. The molecule has 10 heteroatoms. The molecular weight excluding hydrogens is 320 g/mol. The van der Waals surface area contributed by atoms with Crippen LogP contribution in [-0.2, 0) is 24.9 Å². The lowest BCUT2D eigenvalue weighted by Crippen LogP contribution is -2.49. The number of hydrogen-bond donors (Lipinski definition) is 2. The highest BCUT2D eigenvalue weighted by atomic mass is 16.7. The number of carbonyl (C=O) groups is 2. The average molecular weight is 340 g/mol. The van der Waals surface area contributed by atoms with Crippen LogP contribution in [0.2, 0.25) is 0 Å². The molecule has 0 spiro atoms. The third-order valence-corrected chi connectivity index (χ3v) is 3.62. The van der Waals surface area contributed by atoms with Gasteiger partial charge in [0.2, 0.25) is 5.91 Å². The highest BCUT2D eigenvalue weighted by Gasteiger charge is 2.53. The summed E-state index contributed by atoms with van der Waals surface area (Å²) < 4.78 is 6.05. The number of ether oxygens (including phenoxy) is 1. The smallest absolute Gasteiger partial charge is 0.362 e. The molecule has 2 heterocycles. The van der Waals surface area contributed by atoms with Gasteiger partial charge in [0, 0.05) is 26.6 Å². The number of anilines is 1. The summed E-state index contributed by atoms with van der Waals surface area (Å²) in [6.07, 6.45) is 1.31. The second-order valence-electron chi connectivity index (χ2n) is 5.33. The zero-order valence-corrected chi connectivity index (χ0v) is 13.7. The molecule has 1 aromatic rings. The van der Waals surface area contributed by atoms with Gasteiger partial charge in [0.1, 0.15) is 5.82 Å². The minimum atomic E-state index is -1.75. The largest absolute Gasteiger partial charge is 0.462 e. The molecule has 0 radical (unpaired) electrons. The van der Waals surface area contributed by atoms with Gasteiger partial charge in [-0.25, -0.2) is 9.59 Å². The van der Waals surface area contributed by atoms with Crippen LogP contribution in [0.3, 0.4) is 0 Å². The zero-order valence-electron chi connectivity index (χ0n) is 13.7. The number of hydroxylamine groups is 2. The normalized spacial score (nSPS) is 23.9. The van der Waals surface area contributed by atoms with Crippen LogP contribution < -0.4 is 11.0 Å². The molecular formula is C14H20N4O6. The van der Waals surface area contributed by atoms with Gasteiger partial charge in [-0.15, -0.1) is 0 Å². The van der Waals surface area contributed by atoms with E-state index < -0.39 is 23.4 Å². The maximum atomic E-state index is 12.5. The molecule has 1 aliphatic rings. The topological polar surface area (TPSA) is 123 Å². The number of hydrogen-bond acceptors (Lipinski definition) is 8. The molecule has 0 bridgehead atoms. The summed E-state index contributed by atoms with van der Waals surface area (Å²) in [5, 5.41) is 13.1. The molecule has 1 aromatic heterocycles. The van der Waals surface area contributed by atoms with E-state index in [0.29, 0.717) is 0 Å². The molecule has 132 valence electrons. The third kappa shape index (κ3) is 3.30. The number of nitrogens with one attached hydrogen (secondary N) is 1. The quantitative estimate of drug-likeness (QED) is 0.658. The molecule has 10 nitrogen and oxygen atoms in total. The van der Waals surface area contributed by atoms with E-state index in [-0.39, 0.29) is 31.4 Å². The molecule has 1 saturated heterocycles. The Bertz CT molecular complexity index is 690. The Labute approximate surface area is 137 Å². The fraction of sp³-hybridized carbons (Fsp3) is 0.571. The first-order valence-corrected chi connectivity index (χ1v) is 7.42. The molecule has 0 aliphatic carbocycles. The number of aromatic nitrogens is 2. The summed E-state index contributed by atoms with van der Waals surface area (Å²) in [5.41, 5.74) is -2.54. The van der Waals surface area contributed by atoms with Crippen LogP contribution in [-0.4, -0.2) is 57.9 Å². The molecule has 0 aromatic carbocycles. The molecule has 0 saturated carbocycles. The van der Waals surface area contributed by atoms with Crippen molar-refractivity contribution in [3.05, 3.63) is 22.7 Å².